The normalized spacial score (nSPS) is 11.8. The summed E-state index contributed by atoms with van der Waals surface area (Å²) >= 11 is 1.11. The summed E-state index contributed by atoms with van der Waals surface area (Å²) in [4.78, 5) is 15.0. The van der Waals surface area contributed by atoms with Gasteiger partial charge in [0.1, 0.15) is 28.5 Å². The number of sulfonamides is 1. The summed E-state index contributed by atoms with van der Waals surface area (Å²) in [5.41, 5.74) is 0.163. The summed E-state index contributed by atoms with van der Waals surface area (Å²) in [6, 6.07) is 1.09. The van der Waals surface area contributed by atoms with Crippen LogP contribution in [-0.4, -0.2) is 18.0 Å². The predicted molar refractivity (Wildman–Crippen MR) is 81.4 cm³/mol. The van der Waals surface area contributed by atoms with Gasteiger partial charge in [-0.15, -0.1) is 11.3 Å². The van der Waals surface area contributed by atoms with Crippen molar-refractivity contribution in [3.8, 4) is 16.4 Å². The van der Waals surface area contributed by atoms with Gasteiger partial charge in [-0.1, -0.05) is 0 Å². The Balaban J connectivity index is 2.25. The van der Waals surface area contributed by atoms with Crippen LogP contribution in [0.5, 0.6) is 0 Å². The molecular formula is C13H9F2N3O4S2. The molecule has 0 fully saturated rings. The molecular weight excluding hydrogens is 364 g/mol. The fourth-order valence-electron chi connectivity index (χ4n) is 2.06. The Labute approximate surface area is 138 Å². The van der Waals surface area contributed by atoms with E-state index in [1.165, 1.54) is 0 Å². The van der Waals surface area contributed by atoms with Crippen LogP contribution in [0.25, 0.3) is 16.4 Å². The van der Waals surface area contributed by atoms with E-state index in [0.717, 1.165) is 22.2 Å². The summed E-state index contributed by atoms with van der Waals surface area (Å²) in [5.74, 6) is -3.16. The third kappa shape index (κ3) is 2.77. The van der Waals surface area contributed by atoms with E-state index < -0.39 is 32.3 Å². The lowest BCUT2D eigenvalue weighted by Crippen LogP contribution is -2.16. The Hall–Kier alpha value is -2.37. The van der Waals surface area contributed by atoms with E-state index in [0.29, 0.717) is 17.8 Å². The highest BCUT2D eigenvalue weighted by Crippen LogP contribution is 2.29. The molecule has 2 heterocycles. The zero-order chi connectivity index (χ0) is 17.6. The second-order valence-electron chi connectivity index (χ2n) is 4.80. The molecule has 0 saturated heterocycles. The summed E-state index contributed by atoms with van der Waals surface area (Å²) in [6.07, 6.45) is 0.938. The number of halogens is 2. The number of hydrogen-bond acceptors (Lipinski definition) is 6. The summed E-state index contributed by atoms with van der Waals surface area (Å²) in [5, 5.41) is 6.70. The fraction of sp³-hybridized carbons (Fsp3) is 0.0769. The van der Waals surface area contributed by atoms with Crippen molar-refractivity contribution in [1.29, 1.82) is 0 Å². The molecule has 1 aromatic carbocycles. The number of nitrogens with two attached hydrogens (primary N) is 1. The maximum Gasteiger partial charge on any atom is 0.425 e. The molecule has 0 amide bonds. The summed E-state index contributed by atoms with van der Waals surface area (Å²) < 4.78 is 56.5. The summed E-state index contributed by atoms with van der Waals surface area (Å²) in [6.45, 7) is 1.70. The molecule has 3 aromatic rings. The first kappa shape index (κ1) is 16.5. The minimum absolute atomic E-state index is 0.105. The first-order chi connectivity index (χ1) is 11.2. The number of primary sulfonamides is 1. The highest BCUT2D eigenvalue weighted by Gasteiger charge is 2.23. The second kappa shape index (κ2) is 5.61. The van der Waals surface area contributed by atoms with Crippen molar-refractivity contribution in [2.75, 3.05) is 0 Å². The molecule has 126 valence electrons. The Kier molecular flexibility index (Phi) is 3.86. The number of thiazole rings is 1. The highest BCUT2D eigenvalue weighted by atomic mass is 32.2. The van der Waals surface area contributed by atoms with Crippen LogP contribution < -0.4 is 10.9 Å². The molecule has 0 atom stereocenters. The molecule has 0 spiro atoms. The molecule has 0 radical (unpaired) electrons. The number of benzene rings is 1. The van der Waals surface area contributed by atoms with Gasteiger partial charge in [-0.3, -0.25) is 0 Å². The molecule has 11 heteroatoms. The van der Waals surface area contributed by atoms with Crippen molar-refractivity contribution in [3.63, 3.8) is 0 Å². The lowest BCUT2D eigenvalue weighted by Gasteiger charge is -2.07. The smallest absolute Gasteiger partial charge is 0.415 e. The molecule has 0 aliphatic heterocycles. The molecule has 24 heavy (non-hydrogen) atoms. The van der Waals surface area contributed by atoms with Crippen molar-refractivity contribution >= 4 is 21.4 Å². The van der Waals surface area contributed by atoms with Crippen LogP contribution in [0.4, 0.5) is 8.78 Å². The van der Waals surface area contributed by atoms with Crippen molar-refractivity contribution in [1.82, 2.24) is 9.55 Å². The Bertz CT molecular complexity index is 1100. The van der Waals surface area contributed by atoms with Crippen LogP contribution >= 0.6 is 11.3 Å². The van der Waals surface area contributed by atoms with Gasteiger partial charge < -0.3 is 4.42 Å². The van der Waals surface area contributed by atoms with Crippen molar-refractivity contribution in [3.05, 3.63) is 51.7 Å². The first-order valence-corrected chi connectivity index (χ1v) is 8.76. The van der Waals surface area contributed by atoms with E-state index in [1.807, 2.05) is 0 Å². The van der Waals surface area contributed by atoms with Crippen LogP contribution in [0.2, 0.25) is 0 Å². The Morgan fingerprint density at radius 3 is 2.58 bits per heavy atom. The van der Waals surface area contributed by atoms with Gasteiger partial charge in [0.25, 0.3) is 0 Å². The molecule has 0 saturated carbocycles. The van der Waals surface area contributed by atoms with E-state index in [2.05, 4.69) is 4.98 Å². The van der Waals surface area contributed by atoms with Gasteiger partial charge in [0.2, 0.25) is 10.0 Å². The van der Waals surface area contributed by atoms with Crippen molar-refractivity contribution in [2.24, 2.45) is 5.14 Å². The van der Waals surface area contributed by atoms with Crippen molar-refractivity contribution < 1.29 is 21.6 Å². The minimum atomic E-state index is -4.43. The zero-order valence-electron chi connectivity index (χ0n) is 12.0. The number of oxazole rings is 1. The van der Waals surface area contributed by atoms with Crippen LogP contribution in [0.15, 0.2) is 37.9 Å². The van der Waals surface area contributed by atoms with Gasteiger partial charge >= 0.3 is 5.76 Å². The molecule has 2 aromatic heterocycles. The molecule has 0 aliphatic carbocycles. The minimum Gasteiger partial charge on any atom is -0.415 e. The van der Waals surface area contributed by atoms with Crippen LogP contribution in [0.3, 0.4) is 0 Å². The van der Waals surface area contributed by atoms with Crippen LogP contribution in [0, 0.1) is 18.6 Å². The van der Waals surface area contributed by atoms with E-state index >= 15 is 0 Å². The number of nitrogens with zero attached hydrogens (tertiary/aromatic N) is 2. The van der Waals surface area contributed by atoms with Crippen LogP contribution in [-0.2, 0) is 10.0 Å². The standard InChI is InChI=1S/C13H9F2N3O4S2/c1-6-5-23-12(17-6)18-10(4-22-13(18)19)7-2-9(15)11(3-8(7)14)24(16,20)21/h2-5H,1H3,(H2,16,20,21). The van der Waals surface area contributed by atoms with E-state index in [4.69, 9.17) is 9.56 Å². The fourth-order valence-corrected chi connectivity index (χ4v) is 3.46. The lowest BCUT2D eigenvalue weighted by molar-refractivity contribution is 0.504. The lowest BCUT2D eigenvalue weighted by atomic mass is 10.1. The average molecular weight is 373 g/mol. The maximum absolute atomic E-state index is 14.3. The van der Waals surface area contributed by atoms with Gasteiger partial charge in [0.15, 0.2) is 5.13 Å². The topological polar surface area (TPSA) is 108 Å². The van der Waals surface area contributed by atoms with Gasteiger partial charge in [-0.25, -0.2) is 36.7 Å². The Morgan fingerprint density at radius 2 is 2.00 bits per heavy atom. The number of aryl methyl sites for hydroxylation is 1. The SMILES string of the molecule is Cc1csc(-n2c(-c3cc(F)c(S(N)(=O)=O)cc3F)coc2=O)n1. The molecule has 3 rings (SSSR count). The third-order valence-electron chi connectivity index (χ3n) is 3.10. The number of hydrogen-bond donors (Lipinski definition) is 1. The highest BCUT2D eigenvalue weighted by molar-refractivity contribution is 7.89. The first-order valence-electron chi connectivity index (χ1n) is 6.33. The van der Waals surface area contributed by atoms with E-state index in [-0.39, 0.29) is 16.4 Å². The maximum atomic E-state index is 14.3. The molecule has 0 unspecified atom stereocenters. The second-order valence-corrected chi connectivity index (χ2v) is 7.17. The number of aromatic nitrogens is 2. The quantitative estimate of drug-likeness (QED) is 0.753. The molecule has 2 N–H and O–H groups in total. The zero-order valence-corrected chi connectivity index (χ0v) is 13.6. The van der Waals surface area contributed by atoms with E-state index in [1.54, 1.807) is 12.3 Å². The molecule has 7 nitrogen and oxygen atoms in total. The van der Waals surface area contributed by atoms with Gasteiger partial charge in [0.05, 0.1) is 5.69 Å². The summed E-state index contributed by atoms with van der Waals surface area (Å²) in [7, 11) is -4.43. The molecule has 0 aliphatic rings. The number of rotatable bonds is 3. The van der Waals surface area contributed by atoms with E-state index in [9.17, 15) is 22.0 Å². The van der Waals surface area contributed by atoms with Crippen molar-refractivity contribution in [2.45, 2.75) is 11.8 Å². The average Bonchev–Trinajstić information content (AvgIpc) is 3.05. The predicted octanol–water partition coefficient (Wildman–Crippen LogP) is 1.79. The van der Waals surface area contributed by atoms with Gasteiger partial charge in [0, 0.05) is 10.9 Å². The monoisotopic (exact) mass is 373 g/mol. The van der Waals surface area contributed by atoms with Gasteiger partial charge in [-0.05, 0) is 19.1 Å². The largest absolute Gasteiger partial charge is 0.425 e. The van der Waals surface area contributed by atoms with Crippen LogP contribution in [0.1, 0.15) is 5.69 Å². The Morgan fingerprint density at radius 1 is 1.29 bits per heavy atom. The third-order valence-corrected chi connectivity index (χ3v) is 4.97. The molecule has 0 bridgehead atoms. The van der Waals surface area contributed by atoms with Gasteiger partial charge in [-0.2, -0.15) is 0 Å².